The van der Waals surface area contributed by atoms with Gasteiger partial charge < -0.3 is 0 Å². The van der Waals surface area contributed by atoms with Crippen LogP contribution in [0.2, 0.25) is 0 Å². The third-order valence-electron chi connectivity index (χ3n) is 6.16. The van der Waals surface area contributed by atoms with Gasteiger partial charge in [0.25, 0.3) is 0 Å². The Labute approximate surface area is 106 Å². The van der Waals surface area contributed by atoms with Crippen LogP contribution in [0.25, 0.3) is 0 Å². The molecule has 0 spiro atoms. The molecule has 2 saturated carbocycles. The Bertz CT molecular complexity index is 317. The Morgan fingerprint density at radius 3 is 2.47 bits per heavy atom. The van der Waals surface area contributed by atoms with Crippen LogP contribution in [0, 0.1) is 28.6 Å². The molecule has 98 valence electrons. The molecule has 0 N–H and O–H groups in total. The molecular formula is C16H28O. The van der Waals surface area contributed by atoms with E-state index >= 15 is 0 Å². The SMILES string of the molecule is CCC1C(C)CCC2C(C)(C)C(=O)CCC12C. The molecule has 2 rings (SSSR count). The fourth-order valence-corrected chi connectivity index (χ4v) is 5.18. The summed E-state index contributed by atoms with van der Waals surface area (Å²) in [7, 11) is 0. The summed E-state index contributed by atoms with van der Waals surface area (Å²) < 4.78 is 0. The molecule has 0 aliphatic heterocycles. The van der Waals surface area contributed by atoms with Crippen molar-refractivity contribution in [2.24, 2.45) is 28.6 Å². The van der Waals surface area contributed by atoms with Gasteiger partial charge in [0.15, 0.2) is 0 Å². The summed E-state index contributed by atoms with van der Waals surface area (Å²) in [5.41, 5.74) is 0.324. The maximum atomic E-state index is 12.2. The second-order valence-electron chi connectivity index (χ2n) is 7.27. The van der Waals surface area contributed by atoms with Gasteiger partial charge in [0.1, 0.15) is 5.78 Å². The Morgan fingerprint density at radius 1 is 1.24 bits per heavy atom. The molecule has 1 nitrogen and oxygen atoms in total. The van der Waals surface area contributed by atoms with Crippen LogP contribution in [-0.2, 0) is 4.79 Å². The van der Waals surface area contributed by atoms with Gasteiger partial charge in [-0.05, 0) is 36.0 Å². The summed E-state index contributed by atoms with van der Waals surface area (Å²) in [6.45, 7) is 11.6. The number of fused-ring (bicyclic) bond motifs is 1. The average molecular weight is 236 g/mol. The van der Waals surface area contributed by atoms with E-state index in [1.807, 2.05) is 0 Å². The molecule has 17 heavy (non-hydrogen) atoms. The Morgan fingerprint density at radius 2 is 1.88 bits per heavy atom. The largest absolute Gasteiger partial charge is 0.299 e. The van der Waals surface area contributed by atoms with Crippen molar-refractivity contribution in [3.8, 4) is 0 Å². The van der Waals surface area contributed by atoms with E-state index in [-0.39, 0.29) is 5.41 Å². The molecule has 0 aromatic rings. The molecule has 4 atom stereocenters. The van der Waals surface area contributed by atoms with Crippen molar-refractivity contribution >= 4 is 5.78 Å². The van der Waals surface area contributed by atoms with Crippen LogP contribution in [-0.4, -0.2) is 5.78 Å². The monoisotopic (exact) mass is 236 g/mol. The molecule has 0 aromatic carbocycles. The molecule has 2 aliphatic carbocycles. The summed E-state index contributed by atoms with van der Waals surface area (Å²) in [5.74, 6) is 2.76. The smallest absolute Gasteiger partial charge is 0.138 e. The second kappa shape index (κ2) is 4.10. The maximum absolute atomic E-state index is 12.2. The number of carbonyl (C=O) groups is 1. The van der Waals surface area contributed by atoms with Gasteiger partial charge in [0, 0.05) is 11.8 Å². The molecule has 0 saturated heterocycles. The highest BCUT2D eigenvalue weighted by Gasteiger charge is 2.56. The van der Waals surface area contributed by atoms with Gasteiger partial charge in [-0.25, -0.2) is 0 Å². The van der Waals surface area contributed by atoms with Crippen molar-refractivity contribution < 1.29 is 4.79 Å². The van der Waals surface area contributed by atoms with Gasteiger partial charge in [-0.3, -0.25) is 4.79 Å². The summed E-state index contributed by atoms with van der Waals surface area (Å²) in [5, 5.41) is 0. The minimum absolute atomic E-state index is 0.0828. The number of hydrogen-bond acceptors (Lipinski definition) is 1. The summed E-state index contributed by atoms with van der Waals surface area (Å²) >= 11 is 0. The first-order valence-corrected chi connectivity index (χ1v) is 7.37. The van der Waals surface area contributed by atoms with E-state index in [1.54, 1.807) is 0 Å². The summed E-state index contributed by atoms with van der Waals surface area (Å²) in [6, 6.07) is 0. The minimum atomic E-state index is -0.0828. The third-order valence-corrected chi connectivity index (χ3v) is 6.16. The predicted octanol–water partition coefficient (Wildman–Crippen LogP) is 4.45. The van der Waals surface area contributed by atoms with Crippen LogP contribution in [0.4, 0.5) is 0 Å². The zero-order valence-corrected chi connectivity index (χ0v) is 12.2. The first-order chi connectivity index (χ1) is 7.84. The average Bonchev–Trinajstić information content (AvgIpc) is 2.24. The van der Waals surface area contributed by atoms with E-state index in [2.05, 4.69) is 34.6 Å². The van der Waals surface area contributed by atoms with Crippen molar-refractivity contribution in [1.82, 2.24) is 0 Å². The van der Waals surface area contributed by atoms with Gasteiger partial charge in [-0.1, -0.05) is 47.5 Å². The van der Waals surface area contributed by atoms with Gasteiger partial charge in [-0.2, -0.15) is 0 Å². The van der Waals surface area contributed by atoms with Gasteiger partial charge in [0.05, 0.1) is 0 Å². The molecule has 2 aliphatic rings. The lowest BCUT2D eigenvalue weighted by Gasteiger charge is -2.58. The Kier molecular flexibility index (Phi) is 3.16. The van der Waals surface area contributed by atoms with Gasteiger partial charge >= 0.3 is 0 Å². The topological polar surface area (TPSA) is 17.1 Å². The van der Waals surface area contributed by atoms with Crippen LogP contribution in [0.5, 0.6) is 0 Å². The normalized spacial score (nSPS) is 45.5. The van der Waals surface area contributed by atoms with E-state index in [9.17, 15) is 4.79 Å². The number of carbonyl (C=O) groups excluding carboxylic acids is 1. The van der Waals surface area contributed by atoms with Crippen LogP contribution in [0.3, 0.4) is 0 Å². The number of rotatable bonds is 1. The van der Waals surface area contributed by atoms with Crippen molar-refractivity contribution in [2.45, 2.75) is 66.7 Å². The van der Waals surface area contributed by atoms with Crippen LogP contribution in [0.15, 0.2) is 0 Å². The zero-order chi connectivity index (χ0) is 12.8. The van der Waals surface area contributed by atoms with E-state index in [0.717, 1.165) is 24.7 Å². The standard InChI is InChI=1S/C16H28O/c1-6-12-11(2)7-8-13-15(3,4)14(17)9-10-16(12,13)5/h11-13H,6-10H2,1-5H3. The highest BCUT2D eigenvalue weighted by molar-refractivity contribution is 5.85. The third kappa shape index (κ3) is 1.77. The minimum Gasteiger partial charge on any atom is -0.299 e. The quantitative estimate of drug-likeness (QED) is 0.657. The molecule has 0 radical (unpaired) electrons. The summed E-state index contributed by atoms with van der Waals surface area (Å²) in [4.78, 5) is 12.2. The highest BCUT2D eigenvalue weighted by Crippen LogP contribution is 2.60. The molecule has 0 aromatic heterocycles. The molecule has 2 fully saturated rings. The van der Waals surface area contributed by atoms with Crippen molar-refractivity contribution in [3.05, 3.63) is 0 Å². The number of ketones is 1. The van der Waals surface area contributed by atoms with E-state index in [4.69, 9.17) is 0 Å². The lowest BCUT2D eigenvalue weighted by molar-refractivity contribution is -0.150. The van der Waals surface area contributed by atoms with Crippen molar-refractivity contribution in [3.63, 3.8) is 0 Å². The Balaban J connectivity index is 2.37. The fraction of sp³-hybridized carbons (Fsp3) is 0.938. The molecule has 0 amide bonds. The molecule has 0 heterocycles. The van der Waals surface area contributed by atoms with E-state index < -0.39 is 0 Å². The van der Waals surface area contributed by atoms with Gasteiger partial charge in [0.2, 0.25) is 0 Å². The zero-order valence-electron chi connectivity index (χ0n) is 12.2. The number of Topliss-reactive ketones (excluding diaryl/α,β-unsaturated/α-hetero) is 1. The van der Waals surface area contributed by atoms with E-state index in [0.29, 0.717) is 17.1 Å². The van der Waals surface area contributed by atoms with Crippen LogP contribution >= 0.6 is 0 Å². The predicted molar refractivity (Wildman–Crippen MR) is 71.8 cm³/mol. The van der Waals surface area contributed by atoms with E-state index in [1.165, 1.54) is 19.3 Å². The lowest BCUT2D eigenvalue weighted by Crippen LogP contribution is -2.54. The molecule has 0 bridgehead atoms. The van der Waals surface area contributed by atoms with Crippen LogP contribution in [0.1, 0.15) is 66.7 Å². The highest BCUT2D eigenvalue weighted by atomic mass is 16.1. The maximum Gasteiger partial charge on any atom is 0.138 e. The first kappa shape index (κ1) is 13.1. The first-order valence-electron chi connectivity index (χ1n) is 7.37. The summed E-state index contributed by atoms with van der Waals surface area (Å²) in [6.07, 6.45) is 5.78. The Hall–Kier alpha value is -0.330. The van der Waals surface area contributed by atoms with Gasteiger partial charge in [-0.15, -0.1) is 0 Å². The molecular weight excluding hydrogens is 208 g/mol. The molecule has 1 heteroatoms. The lowest BCUT2D eigenvalue weighted by atomic mass is 9.46. The second-order valence-corrected chi connectivity index (χ2v) is 7.27. The fourth-order valence-electron chi connectivity index (χ4n) is 5.18. The number of hydrogen-bond donors (Lipinski definition) is 0. The van der Waals surface area contributed by atoms with Crippen LogP contribution < -0.4 is 0 Å². The van der Waals surface area contributed by atoms with Crippen molar-refractivity contribution in [1.29, 1.82) is 0 Å². The molecule has 4 unspecified atom stereocenters. The van der Waals surface area contributed by atoms with Crippen molar-refractivity contribution in [2.75, 3.05) is 0 Å².